The maximum absolute atomic E-state index is 6.35. The molecule has 0 bridgehead atoms. The van der Waals surface area contributed by atoms with Gasteiger partial charge in [-0.2, -0.15) is 0 Å². The normalized spacial score (nSPS) is 17.8. The molecule has 0 spiro atoms. The Labute approximate surface area is 252 Å². The molecule has 8 nitrogen and oxygen atoms in total. The number of rotatable bonds is 13. The van der Waals surface area contributed by atoms with Crippen molar-refractivity contribution in [1.82, 2.24) is 14.7 Å². The monoisotopic (exact) mass is 582 g/mol. The van der Waals surface area contributed by atoms with Crippen LogP contribution in [0.25, 0.3) is 0 Å². The molecule has 42 heavy (non-hydrogen) atoms. The summed E-state index contributed by atoms with van der Waals surface area (Å²) in [4.78, 5) is 13.5. The number of benzene rings is 3. The van der Waals surface area contributed by atoms with E-state index in [0.717, 1.165) is 42.5 Å². The third-order valence-corrected chi connectivity index (χ3v) is 8.54. The Bertz CT molecular complexity index is 1370. The molecule has 2 aliphatic rings. The standard InChI is InChI=1S/C33H38N6O2S/c1-40-22-26-17-18-30(41-26)39-23-35-31-32(34-21-28(24-11-5-2-6-12-24)25-13-7-3-8-14-25)37-29(38-33(31)39)19-20-36-42-27-15-9-4-10-16-27/h2-16,26,28,30,35-36H,17-23H2,1H3,(H,34,37,38). The first-order valence-electron chi connectivity index (χ1n) is 14.6. The molecule has 218 valence electrons. The Kier molecular flexibility index (Phi) is 9.51. The van der Waals surface area contributed by atoms with Gasteiger partial charge in [0.2, 0.25) is 0 Å². The third-order valence-electron chi connectivity index (χ3n) is 7.68. The number of hydrogen-bond donors (Lipinski definition) is 3. The van der Waals surface area contributed by atoms with Gasteiger partial charge in [0.25, 0.3) is 0 Å². The molecule has 2 atom stereocenters. The topological polar surface area (TPSA) is 83.6 Å². The summed E-state index contributed by atoms with van der Waals surface area (Å²) >= 11 is 1.63. The Balaban J connectivity index is 1.23. The molecule has 0 amide bonds. The number of methoxy groups -OCH3 is 1. The van der Waals surface area contributed by atoms with E-state index in [1.165, 1.54) is 16.0 Å². The van der Waals surface area contributed by atoms with E-state index in [2.05, 4.69) is 93.1 Å². The van der Waals surface area contributed by atoms with Crippen LogP contribution in [0, 0.1) is 0 Å². The fourth-order valence-corrected chi connectivity index (χ4v) is 6.25. The predicted octanol–water partition coefficient (Wildman–Crippen LogP) is 5.90. The first-order valence-corrected chi connectivity index (χ1v) is 15.4. The molecule has 3 aromatic carbocycles. The van der Waals surface area contributed by atoms with Crippen molar-refractivity contribution in [3.8, 4) is 0 Å². The molecule has 0 radical (unpaired) electrons. The smallest absolute Gasteiger partial charge is 0.161 e. The summed E-state index contributed by atoms with van der Waals surface area (Å²) in [5.41, 5.74) is 3.47. The predicted molar refractivity (Wildman–Crippen MR) is 170 cm³/mol. The van der Waals surface area contributed by atoms with E-state index >= 15 is 0 Å². The summed E-state index contributed by atoms with van der Waals surface area (Å²) in [6.07, 6.45) is 2.69. The minimum absolute atomic E-state index is 0.0392. The van der Waals surface area contributed by atoms with Gasteiger partial charge in [-0.25, -0.2) is 9.97 Å². The lowest BCUT2D eigenvalue weighted by Crippen LogP contribution is -2.36. The van der Waals surface area contributed by atoms with Crippen LogP contribution in [0.5, 0.6) is 0 Å². The fourth-order valence-electron chi connectivity index (χ4n) is 5.59. The average Bonchev–Trinajstić information content (AvgIpc) is 3.68. The van der Waals surface area contributed by atoms with E-state index in [4.69, 9.17) is 19.4 Å². The molecule has 0 saturated carbocycles. The fraction of sp³-hybridized carbons (Fsp3) is 0.333. The summed E-state index contributed by atoms with van der Waals surface area (Å²) < 4.78 is 15.2. The number of aromatic nitrogens is 2. The van der Waals surface area contributed by atoms with E-state index in [9.17, 15) is 0 Å². The molecule has 1 saturated heterocycles. The van der Waals surface area contributed by atoms with Crippen LogP contribution in [0.1, 0.15) is 35.7 Å². The molecule has 6 rings (SSSR count). The highest BCUT2D eigenvalue weighted by molar-refractivity contribution is 7.97. The second-order valence-corrected chi connectivity index (χ2v) is 11.5. The largest absolute Gasteiger partial charge is 0.382 e. The van der Waals surface area contributed by atoms with Crippen molar-refractivity contribution in [2.45, 2.75) is 42.4 Å². The van der Waals surface area contributed by atoms with Crippen LogP contribution < -0.4 is 20.3 Å². The van der Waals surface area contributed by atoms with Crippen LogP contribution in [0.4, 0.5) is 17.3 Å². The minimum Gasteiger partial charge on any atom is -0.382 e. The van der Waals surface area contributed by atoms with Crippen LogP contribution in [0.2, 0.25) is 0 Å². The van der Waals surface area contributed by atoms with Gasteiger partial charge in [-0.1, -0.05) is 78.9 Å². The maximum atomic E-state index is 6.35. The van der Waals surface area contributed by atoms with E-state index in [1.807, 2.05) is 18.2 Å². The van der Waals surface area contributed by atoms with Crippen LogP contribution >= 0.6 is 11.9 Å². The zero-order chi connectivity index (χ0) is 28.6. The molecular formula is C33H38N6O2S. The summed E-state index contributed by atoms with van der Waals surface area (Å²) in [5.74, 6) is 2.71. The Morgan fingerprint density at radius 1 is 0.952 bits per heavy atom. The highest BCUT2D eigenvalue weighted by Gasteiger charge is 2.36. The molecule has 9 heteroatoms. The van der Waals surface area contributed by atoms with Gasteiger partial charge in [0.1, 0.15) is 17.7 Å². The number of nitrogens with zero attached hydrogens (tertiary/aromatic N) is 3. The van der Waals surface area contributed by atoms with E-state index in [0.29, 0.717) is 26.2 Å². The molecule has 3 N–H and O–H groups in total. The molecule has 2 unspecified atom stereocenters. The molecule has 1 aromatic heterocycles. The van der Waals surface area contributed by atoms with Crippen LogP contribution in [0.3, 0.4) is 0 Å². The van der Waals surface area contributed by atoms with Crippen molar-refractivity contribution >= 4 is 29.3 Å². The zero-order valence-electron chi connectivity index (χ0n) is 23.9. The van der Waals surface area contributed by atoms with Crippen LogP contribution in [-0.2, 0) is 15.9 Å². The van der Waals surface area contributed by atoms with Gasteiger partial charge >= 0.3 is 0 Å². The van der Waals surface area contributed by atoms with Gasteiger partial charge < -0.3 is 25.0 Å². The Morgan fingerprint density at radius 3 is 2.33 bits per heavy atom. The van der Waals surface area contributed by atoms with Crippen molar-refractivity contribution < 1.29 is 9.47 Å². The quantitative estimate of drug-likeness (QED) is 0.132. The van der Waals surface area contributed by atoms with Gasteiger partial charge in [-0.3, -0.25) is 4.72 Å². The number of hydrogen-bond acceptors (Lipinski definition) is 9. The van der Waals surface area contributed by atoms with Crippen LogP contribution in [0.15, 0.2) is 95.9 Å². The lowest BCUT2D eigenvalue weighted by atomic mass is 9.91. The molecule has 4 aromatic rings. The maximum Gasteiger partial charge on any atom is 0.161 e. The van der Waals surface area contributed by atoms with E-state index < -0.39 is 0 Å². The lowest BCUT2D eigenvalue weighted by Gasteiger charge is -2.25. The minimum atomic E-state index is -0.0392. The van der Waals surface area contributed by atoms with E-state index in [1.54, 1.807) is 19.1 Å². The van der Waals surface area contributed by atoms with Gasteiger partial charge in [-0.05, 0) is 48.0 Å². The number of anilines is 3. The Hall–Kier alpha value is -3.63. The van der Waals surface area contributed by atoms with Crippen molar-refractivity contribution in [1.29, 1.82) is 0 Å². The van der Waals surface area contributed by atoms with Gasteiger partial charge in [-0.15, -0.1) is 0 Å². The van der Waals surface area contributed by atoms with Crippen molar-refractivity contribution in [2.75, 3.05) is 49.0 Å². The first-order chi connectivity index (χ1) is 20.8. The second kappa shape index (κ2) is 14.0. The molecular weight excluding hydrogens is 544 g/mol. The average molecular weight is 583 g/mol. The lowest BCUT2D eigenvalue weighted by molar-refractivity contribution is -0.00157. The van der Waals surface area contributed by atoms with Gasteiger partial charge in [0, 0.05) is 37.4 Å². The van der Waals surface area contributed by atoms with Gasteiger partial charge in [0.15, 0.2) is 11.6 Å². The molecule has 0 aliphatic carbocycles. The summed E-state index contributed by atoms with van der Waals surface area (Å²) in [5, 5.41) is 7.28. The zero-order valence-corrected chi connectivity index (χ0v) is 24.7. The summed E-state index contributed by atoms with van der Waals surface area (Å²) in [6, 6.07) is 31.6. The second-order valence-electron chi connectivity index (χ2n) is 10.6. The number of fused-ring (bicyclic) bond motifs is 1. The molecule has 1 fully saturated rings. The van der Waals surface area contributed by atoms with Gasteiger partial charge in [0.05, 0.1) is 19.4 Å². The summed E-state index contributed by atoms with van der Waals surface area (Å²) in [6.45, 7) is 2.70. The molecule has 2 aliphatic heterocycles. The van der Waals surface area contributed by atoms with Crippen molar-refractivity contribution in [3.63, 3.8) is 0 Å². The highest BCUT2D eigenvalue weighted by Crippen LogP contribution is 2.39. The van der Waals surface area contributed by atoms with Crippen LogP contribution in [-0.4, -0.2) is 55.8 Å². The third kappa shape index (κ3) is 6.87. The highest BCUT2D eigenvalue weighted by atomic mass is 32.2. The SMILES string of the molecule is COCC1CCC(N2CNc3c(NCC(c4ccccc4)c4ccccc4)nc(CCNSc4ccccc4)nc32)O1. The van der Waals surface area contributed by atoms with Crippen molar-refractivity contribution in [3.05, 3.63) is 108 Å². The first kappa shape index (κ1) is 28.5. The molecule has 3 heterocycles. The number of ether oxygens (including phenoxy) is 2. The summed E-state index contributed by atoms with van der Waals surface area (Å²) in [7, 11) is 1.73. The van der Waals surface area contributed by atoms with Crippen molar-refractivity contribution in [2.24, 2.45) is 0 Å². The van der Waals surface area contributed by atoms with E-state index in [-0.39, 0.29) is 18.2 Å². The number of nitrogens with one attached hydrogen (secondary N) is 3. The Morgan fingerprint density at radius 2 is 1.64 bits per heavy atom.